The third kappa shape index (κ3) is 8.89. The van der Waals surface area contributed by atoms with Gasteiger partial charge in [-0.05, 0) is 94.4 Å². The molecule has 68 heavy (non-hydrogen) atoms. The minimum Gasteiger partial charge on any atom is -0.492 e. The number of aromatic nitrogens is 4. The lowest BCUT2D eigenvalue weighted by molar-refractivity contribution is -0.142. The number of hydrogen-bond acceptors (Lipinski definition) is 13. The van der Waals surface area contributed by atoms with E-state index in [4.69, 9.17) is 19.2 Å². The van der Waals surface area contributed by atoms with E-state index in [0.717, 1.165) is 43.1 Å². The molecule has 4 amide bonds. The third-order valence-electron chi connectivity index (χ3n) is 15.1. The number of rotatable bonds is 13. The van der Waals surface area contributed by atoms with Crippen molar-refractivity contribution in [1.29, 1.82) is 0 Å². The Labute approximate surface area is 395 Å². The summed E-state index contributed by atoms with van der Waals surface area (Å²) in [5.74, 6) is -1.13. The fourth-order valence-electron chi connectivity index (χ4n) is 10.4. The summed E-state index contributed by atoms with van der Waals surface area (Å²) < 4.78 is 47.2. The average Bonchev–Trinajstić information content (AvgIpc) is 4.25. The first-order valence-corrected chi connectivity index (χ1v) is 25.2. The zero-order valence-corrected chi connectivity index (χ0v) is 40.3. The number of carbonyl (C=O) groups excluding carboxylic acids is 4. The number of benzene rings is 1. The van der Waals surface area contributed by atoms with Crippen molar-refractivity contribution in [3.05, 3.63) is 70.9 Å². The number of sulfonamides is 1. The smallest absolute Gasteiger partial charge is 0.408 e. The zero-order valence-electron chi connectivity index (χ0n) is 39.4. The molecule has 0 radical (unpaired) electrons. The molecule has 9 rings (SSSR count). The van der Waals surface area contributed by atoms with E-state index < -0.39 is 73.6 Å². The molecule has 5 fully saturated rings. The molecule has 1 saturated heterocycles. The van der Waals surface area contributed by atoms with Crippen LogP contribution in [0.2, 0.25) is 0 Å². The predicted molar refractivity (Wildman–Crippen MR) is 250 cm³/mol. The van der Waals surface area contributed by atoms with Gasteiger partial charge in [0.2, 0.25) is 27.7 Å². The maximum absolute atomic E-state index is 15.0. The van der Waals surface area contributed by atoms with E-state index >= 15 is 4.79 Å². The molecular weight excluding hydrogens is 895 g/mol. The monoisotopic (exact) mass is 957 g/mol. The van der Waals surface area contributed by atoms with Crippen molar-refractivity contribution >= 4 is 44.7 Å². The number of ether oxygens (including phenoxy) is 3. The summed E-state index contributed by atoms with van der Waals surface area (Å²) >= 11 is 0. The van der Waals surface area contributed by atoms with Crippen LogP contribution in [0, 0.1) is 22.7 Å². The van der Waals surface area contributed by atoms with Gasteiger partial charge < -0.3 is 29.7 Å². The molecular formula is C48H63N9O10S. The summed E-state index contributed by atoms with van der Waals surface area (Å²) in [5.41, 5.74) is -1.45. The van der Waals surface area contributed by atoms with Crippen molar-refractivity contribution in [2.24, 2.45) is 22.7 Å². The van der Waals surface area contributed by atoms with Gasteiger partial charge >= 0.3 is 11.8 Å². The number of carbonyl (C=O) groups is 4. The highest BCUT2D eigenvalue weighted by Crippen LogP contribution is 2.73. The number of hydrogen-bond donors (Lipinski definition) is 5. The predicted octanol–water partition coefficient (Wildman–Crippen LogP) is 3.77. The van der Waals surface area contributed by atoms with Crippen LogP contribution in [0.1, 0.15) is 96.9 Å². The van der Waals surface area contributed by atoms with Gasteiger partial charge in [-0.25, -0.2) is 28.1 Å². The van der Waals surface area contributed by atoms with Crippen molar-refractivity contribution in [3.8, 4) is 11.6 Å². The van der Waals surface area contributed by atoms with Crippen LogP contribution in [-0.2, 0) is 42.1 Å². The van der Waals surface area contributed by atoms with Crippen molar-refractivity contribution in [3.63, 3.8) is 0 Å². The van der Waals surface area contributed by atoms with Gasteiger partial charge in [-0.3, -0.25) is 29.0 Å². The van der Waals surface area contributed by atoms with Gasteiger partial charge in [-0.15, -0.1) is 6.58 Å². The molecule has 4 saturated carbocycles. The lowest BCUT2D eigenvalue weighted by atomic mass is 9.85. The van der Waals surface area contributed by atoms with Gasteiger partial charge in [-0.2, -0.15) is 5.10 Å². The largest absolute Gasteiger partial charge is 0.492 e. The van der Waals surface area contributed by atoms with Gasteiger partial charge in [0.25, 0.3) is 5.91 Å². The van der Waals surface area contributed by atoms with Crippen LogP contribution < -0.4 is 30.5 Å². The summed E-state index contributed by atoms with van der Waals surface area (Å²) in [5, 5.41) is 12.9. The van der Waals surface area contributed by atoms with E-state index in [1.54, 1.807) is 6.92 Å². The molecule has 2 aliphatic heterocycles. The summed E-state index contributed by atoms with van der Waals surface area (Å²) in [6.07, 6.45) is 6.00. The lowest BCUT2D eigenvalue weighted by Gasteiger charge is -2.35. The fourth-order valence-corrected chi connectivity index (χ4v) is 11.7. The van der Waals surface area contributed by atoms with Crippen LogP contribution in [-0.4, -0.2) is 124 Å². The quantitative estimate of drug-likeness (QED) is 0.121. The number of H-pyrrole nitrogens is 2. The van der Waals surface area contributed by atoms with Crippen LogP contribution in [0.5, 0.6) is 11.6 Å². The Morgan fingerprint density at radius 2 is 1.88 bits per heavy atom. The molecule has 6 aliphatic rings. The van der Waals surface area contributed by atoms with Gasteiger partial charge in [0.15, 0.2) is 5.54 Å². The van der Waals surface area contributed by atoms with Crippen LogP contribution >= 0.6 is 0 Å². The summed E-state index contributed by atoms with van der Waals surface area (Å²) in [6, 6.07) is 5.27. The molecule has 3 aromatic rings. The topological polar surface area (TPSA) is 247 Å². The Morgan fingerprint density at radius 1 is 1.12 bits per heavy atom. The number of aromatic amines is 2. The number of nitrogens with one attached hydrogen (secondary N) is 5. The molecule has 4 aliphatic carbocycles. The summed E-state index contributed by atoms with van der Waals surface area (Å²) in [4.78, 5) is 80.1. The fraction of sp³-hybridized carbons (Fsp3) is 0.604. The van der Waals surface area contributed by atoms with E-state index in [2.05, 4.69) is 43.7 Å². The van der Waals surface area contributed by atoms with Crippen LogP contribution in [0.3, 0.4) is 0 Å². The molecule has 366 valence electrons. The first kappa shape index (κ1) is 47.3. The van der Waals surface area contributed by atoms with Gasteiger partial charge in [0.05, 0.1) is 35.5 Å². The standard InChI is InChI=1S/C48H63N9O10S/c1-8-32-27(2)48(32,42(60)55-68(63,64)46(6)18-19-46)52-39(58)34-22-29-25-57(34)41(59)38(45(3,4)5)51-44(62)67-35-24-47(35)23-28(47)14-9-10-16-31-37(30-15-11-12-17-33(30)49-40(31)66-29)65-21-13-20-56(7)26-36-50-43(61)54-53-36/h8,11-12,15,17,28-29,32,34-35,38H,1-2,9-10,13-14,16,18-26H2,3-7H3,(H,51,62)(H,52,58)(H,55,60)(H2,50,53,54,61)/t28?,29-,32-,34+,35-,38-,47?,48-/m1/s1. The Bertz CT molecular complexity index is 2730. The third-order valence-corrected chi connectivity index (χ3v) is 17.3. The average molecular weight is 958 g/mol. The number of para-hydroxylation sites is 1. The zero-order chi connectivity index (χ0) is 48.6. The lowest BCUT2D eigenvalue weighted by Crippen LogP contribution is -2.60. The number of pyridine rings is 1. The molecule has 5 N–H and O–H groups in total. The first-order chi connectivity index (χ1) is 32.2. The van der Waals surface area contributed by atoms with E-state index in [1.165, 1.54) is 11.0 Å². The summed E-state index contributed by atoms with van der Waals surface area (Å²) in [6.45, 7) is 16.2. The Morgan fingerprint density at radius 3 is 2.57 bits per heavy atom. The molecule has 2 unspecified atom stereocenters. The van der Waals surface area contributed by atoms with Gasteiger partial charge in [0, 0.05) is 29.7 Å². The van der Waals surface area contributed by atoms with Crippen molar-refractivity contribution in [2.75, 3.05) is 26.7 Å². The highest BCUT2D eigenvalue weighted by atomic mass is 32.2. The molecule has 2 aromatic heterocycles. The van der Waals surface area contributed by atoms with E-state index in [0.29, 0.717) is 74.3 Å². The Balaban J connectivity index is 1.03. The van der Waals surface area contributed by atoms with Crippen molar-refractivity contribution in [2.45, 2.75) is 133 Å². The maximum atomic E-state index is 15.0. The van der Waals surface area contributed by atoms with E-state index in [-0.39, 0.29) is 35.7 Å². The SMILES string of the molecule is C=C[C@@H]1C(=C)[C@]1(NC(=O)[C@@H]1C[C@@H]2CN1C(=O)[C@H](C(C)(C)C)NC(=O)O[C@@H]1CC13CC3CCCCc1c(nc3ccccc3c1OCCCN(C)Cc1n[nH]c(=O)[nH]1)O2)C(=O)NS(=O)(=O)C1(C)CC1. The summed E-state index contributed by atoms with van der Waals surface area (Å²) in [7, 11) is -2.17. The molecule has 1 spiro atoms. The molecule has 4 heterocycles. The van der Waals surface area contributed by atoms with Gasteiger partial charge in [0.1, 0.15) is 35.9 Å². The second-order valence-electron chi connectivity index (χ2n) is 21.1. The van der Waals surface area contributed by atoms with E-state index in [1.807, 2.05) is 57.0 Å². The molecule has 8 atom stereocenters. The van der Waals surface area contributed by atoms with Crippen molar-refractivity contribution < 1.29 is 41.8 Å². The minimum absolute atomic E-state index is 0.0395. The highest BCUT2D eigenvalue weighted by Gasteiger charge is 2.72. The molecule has 1 aromatic carbocycles. The van der Waals surface area contributed by atoms with Gasteiger partial charge in [-0.1, -0.05) is 52.0 Å². The highest BCUT2D eigenvalue weighted by molar-refractivity contribution is 7.91. The van der Waals surface area contributed by atoms with Crippen LogP contribution in [0.4, 0.5) is 4.79 Å². The maximum Gasteiger partial charge on any atom is 0.408 e. The van der Waals surface area contributed by atoms with Crippen LogP contribution in [0.25, 0.3) is 10.9 Å². The molecule has 20 heteroatoms. The van der Waals surface area contributed by atoms with Crippen LogP contribution in [0.15, 0.2) is 53.9 Å². The number of amides is 4. The number of fused-ring (bicyclic) bond motifs is 4. The molecule has 19 nitrogen and oxygen atoms in total. The number of alkyl carbamates (subject to hydrolysis) is 1. The number of nitrogens with zero attached hydrogens (tertiary/aromatic N) is 4. The second-order valence-corrected chi connectivity index (χ2v) is 23.3. The Kier molecular flexibility index (Phi) is 12.1. The van der Waals surface area contributed by atoms with E-state index in [9.17, 15) is 27.6 Å². The normalized spacial score (nSPS) is 29.7. The Hall–Kier alpha value is -5.76. The first-order valence-electron chi connectivity index (χ1n) is 23.7. The van der Waals surface area contributed by atoms with Crippen molar-refractivity contribution in [1.82, 2.24) is 45.3 Å². The second kappa shape index (κ2) is 17.3. The minimum atomic E-state index is -4.10. The molecule has 2 bridgehead atoms.